The minimum atomic E-state index is -4.72. The molecule has 16 heteroatoms. The maximum atomic E-state index is 12.4. The van der Waals surface area contributed by atoms with E-state index in [1.807, 2.05) is 4.90 Å². The number of hydrogen-bond donors (Lipinski definition) is 1. The lowest BCUT2D eigenvalue weighted by atomic mass is 10.2. The molecule has 38 heavy (non-hydrogen) atoms. The van der Waals surface area contributed by atoms with Crippen LogP contribution in [0.3, 0.4) is 0 Å². The van der Waals surface area contributed by atoms with Gasteiger partial charge in [0.1, 0.15) is 23.7 Å². The van der Waals surface area contributed by atoms with Crippen LogP contribution >= 0.6 is 11.6 Å². The first kappa shape index (κ1) is 25.8. The topological polar surface area (TPSA) is 124 Å². The number of rotatable bonds is 7. The number of hydrogen-bond acceptors (Lipinski definition) is 10. The lowest BCUT2D eigenvalue weighted by Crippen LogP contribution is -2.47. The fourth-order valence-electron chi connectivity index (χ4n) is 4.23. The zero-order valence-corrected chi connectivity index (χ0v) is 20.5. The van der Waals surface area contributed by atoms with Crippen LogP contribution in [-0.4, -0.2) is 69.6 Å². The number of imidazole rings is 1. The lowest BCUT2D eigenvalue weighted by Gasteiger charge is -2.36. The van der Waals surface area contributed by atoms with Crippen molar-refractivity contribution in [3.8, 4) is 11.8 Å². The van der Waals surface area contributed by atoms with Gasteiger partial charge < -0.3 is 34.7 Å². The molecule has 1 N–H and O–H groups in total. The van der Waals surface area contributed by atoms with E-state index in [0.717, 1.165) is 5.69 Å². The van der Waals surface area contributed by atoms with Crippen molar-refractivity contribution in [3.05, 3.63) is 57.5 Å². The summed E-state index contributed by atoms with van der Waals surface area (Å²) >= 11 is 6.43. The third-order valence-electron chi connectivity index (χ3n) is 6.12. The van der Waals surface area contributed by atoms with Gasteiger partial charge in [-0.05, 0) is 29.2 Å². The van der Waals surface area contributed by atoms with Crippen LogP contribution in [0.15, 0.2) is 36.7 Å². The number of nitrogens with zero attached hydrogens (tertiary/aromatic N) is 7. The summed E-state index contributed by atoms with van der Waals surface area (Å²) in [6, 6.07) is 5.88. The van der Waals surface area contributed by atoms with Crippen LogP contribution < -0.4 is 24.6 Å². The Hall–Kier alpha value is -3.85. The molecule has 202 valence electrons. The highest BCUT2D eigenvalue weighted by Crippen LogP contribution is 2.27. The normalized spacial score (nSPS) is 17.6. The predicted molar refractivity (Wildman–Crippen MR) is 130 cm³/mol. The number of halogens is 4. The van der Waals surface area contributed by atoms with E-state index >= 15 is 0 Å². The van der Waals surface area contributed by atoms with Gasteiger partial charge in [0, 0.05) is 61.7 Å². The van der Waals surface area contributed by atoms with E-state index in [1.54, 1.807) is 22.9 Å². The number of nitro groups is 1. The molecular formula is C22H22ClF3N8O4. The second-order valence-corrected chi connectivity index (χ2v) is 9.04. The van der Waals surface area contributed by atoms with Crippen LogP contribution in [0.2, 0.25) is 5.15 Å². The summed E-state index contributed by atoms with van der Waals surface area (Å²) in [6.07, 6.45) is -1.73. The average Bonchev–Trinajstić information content (AvgIpc) is 3.32. The minimum absolute atomic E-state index is 0.116. The Kier molecular flexibility index (Phi) is 7.12. The number of alkyl halides is 3. The molecule has 0 amide bonds. The molecule has 2 aliphatic heterocycles. The number of nitrogens with one attached hydrogen (secondary N) is 1. The molecule has 12 nitrogen and oxygen atoms in total. The van der Waals surface area contributed by atoms with Gasteiger partial charge in [-0.25, -0.2) is 9.97 Å². The van der Waals surface area contributed by atoms with Gasteiger partial charge in [-0.2, -0.15) is 0 Å². The maximum absolute atomic E-state index is 12.4. The molecule has 1 atom stereocenters. The van der Waals surface area contributed by atoms with Crippen molar-refractivity contribution < 1.29 is 27.6 Å². The monoisotopic (exact) mass is 554 g/mol. The first-order chi connectivity index (χ1) is 18.1. The Morgan fingerprint density at radius 1 is 1.16 bits per heavy atom. The summed E-state index contributed by atoms with van der Waals surface area (Å²) in [5.74, 6) is -0.0328. The van der Waals surface area contributed by atoms with Gasteiger partial charge in [-0.3, -0.25) is 4.57 Å². The highest BCUT2D eigenvalue weighted by molar-refractivity contribution is 6.30. The van der Waals surface area contributed by atoms with Gasteiger partial charge in [0.05, 0.1) is 6.04 Å². The fourth-order valence-corrected chi connectivity index (χ4v) is 4.43. The van der Waals surface area contributed by atoms with Crippen LogP contribution in [0.5, 0.6) is 11.8 Å². The summed E-state index contributed by atoms with van der Waals surface area (Å²) in [4.78, 5) is 27.1. The number of aromatic nitrogens is 4. The Bertz CT molecular complexity index is 1300. The second-order valence-electron chi connectivity index (χ2n) is 8.68. The molecule has 0 saturated carbocycles. The fraction of sp³-hybridized carbons (Fsp3) is 0.409. The molecule has 1 unspecified atom stereocenters. The molecule has 0 spiro atoms. The molecule has 2 aliphatic rings. The zero-order chi connectivity index (χ0) is 26.9. The van der Waals surface area contributed by atoms with Crippen molar-refractivity contribution in [2.75, 3.05) is 42.6 Å². The van der Waals surface area contributed by atoms with E-state index < -0.39 is 11.3 Å². The third-order valence-corrected chi connectivity index (χ3v) is 6.45. The Balaban J connectivity index is 1.12. The summed E-state index contributed by atoms with van der Waals surface area (Å²) in [7, 11) is 0. The predicted octanol–water partition coefficient (Wildman–Crippen LogP) is 3.01. The number of fused-ring (bicyclic) bond motifs is 1. The molecule has 1 aromatic carbocycles. The summed E-state index contributed by atoms with van der Waals surface area (Å²) in [5.41, 5.74) is 1.49. The summed E-state index contributed by atoms with van der Waals surface area (Å²) in [5, 5.41) is 14.5. The van der Waals surface area contributed by atoms with E-state index in [2.05, 4.69) is 29.9 Å². The second kappa shape index (κ2) is 10.5. The largest absolute Gasteiger partial charge is 0.573 e. The van der Waals surface area contributed by atoms with Crippen LogP contribution in [0.4, 0.5) is 30.6 Å². The van der Waals surface area contributed by atoms with E-state index in [1.165, 1.54) is 18.3 Å². The highest BCUT2D eigenvalue weighted by atomic mass is 35.5. The van der Waals surface area contributed by atoms with Crippen molar-refractivity contribution in [1.29, 1.82) is 0 Å². The molecule has 0 bridgehead atoms. The molecule has 2 aromatic heterocycles. The standard InChI is InChI=1S/C22H22ClF3N8O4/c23-19-14(9-27-15-11-33-12-18(34(35)36)29-21(33)37-13-15)10-28-20(30-19)32-7-5-31(6-8-32)16-1-3-17(4-2-16)38-22(24,25)26/h1-4,10,12,15,27H,5-9,11,13H2. The van der Waals surface area contributed by atoms with Gasteiger partial charge in [0.2, 0.25) is 5.95 Å². The Morgan fingerprint density at radius 3 is 2.53 bits per heavy atom. The minimum Gasteiger partial charge on any atom is -0.444 e. The van der Waals surface area contributed by atoms with Crippen molar-refractivity contribution in [1.82, 2.24) is 24.8 Å². The van der Waals surface area contributed by atoms with E-state index in [9.17, 15) is 23.3 Å². The first-order valence-electron chi connectivity index (χ1n) is 11.6. The number of benzene rings is 1. The zero-order valence-electron chi connectivity index (χ0n) is 19.8. The molecule has 1 fully saturated rings. The smallest absolute Gasteiger partial charge is 0.444 e. The highest BCUT2D eigenvalue weighted by Gasteiger charge is 2.31. The van der Waals surface area contributed by atoms with Gasteiger partial charge in [-0.1, -0.05) is 11.6 Å². The van der Waals surface area contributed by atoms with Crippen LogP contribution in [0.1, 0.15) is 5.56 Å². The summed E-state index contributed by atoms with van der Waals surface area (Å²) in [6.45, 7) is 3.59. The maximum Gasteiger partial charge on any atom is 0.573 e. The van der Waals surface area contributed by atoms with Gasteiger partial charge in [0.25, 0.3) is 0 Å². The Morgan fingerprint density at radius 2 is 1.87 bits per heavy atom. The average molecular weight is 555 g/mol. The van der Waals surface area contributed by atoms with Gasteiger partial charge >= 0.3 is 18.2 Å². The van der Waals surface area contributed by atoms with Crippen molar-refractivity contribution in [2.24, 2.45) is 0 Å². The lowest BCUT2D eigenvalue weighted by molar-refractivity contribution is -0.389. The molecular weight excluding hydrogens is 533 g/mol. The van der Waals surface area contributed by atoms with Crippen molar-refractivity contribution in [2.45, 2.75) is 25.5 Å². The third kappa shape index (κ3) is 5.99. The molecule has 4 heterocycles. The van der Waals surface area contributed by atoms with Gasteiger partial charge in [-0.15, -0.1) is 13.2 Å². The molecule has 5 rings (SSSR count). The van der Waals surface area contributed by atoms with Crippen LogP contribution in [0.25, 0.3) is 0 Å². The van der Waals surface area contributed by atoms with Crippen LogP contribution in [-0.2, 0) is 13.1 Å². The summed E-state index contributed by atoms with van der Waals surface area (Å²) < 4.78 is 48.1. The number of ether oxygens (including phenoxy) is 2. The molecule has 1 saturated heterocycles. The molecule has 0 radical (unpaired) electrons. The SMILES string of the molecule is O=[N+]([O-])c1cn2c(n1)OCC(NCc1cnc(N3CCN(c4ccc(OC(F)(F)F)cc4)CC3)nc1Cl)C2. The number of piperazine rings is 1. The van der Waals surface area contributed by atoms with Crippen LogP contribution in [0, 0.1) is 10.1 Å². The quantitative estimate of drug-likeness (QED) is 0.265. The van der Waals surface area contributed by atoms with E-state index in [4.69, 9.17) is 16.3 Å². The Labute approximate surface area is 219 Å². The van der Waals surface area contributed by atoms with Crippen molar-refractivity contribution in [3.63, 3.8) is 0 Å². The molecule has 3 aromatic rings. The van der Waals surface area contributed by atoms with Crippen molar-refractivity contribution >= 4 is 29.1 Å². The van der Waals surface area contributed by atoms with E-state index in [0.29, 0.717) is 62.5 Å². The van der Waals surface area contributed by atoms with Gasteiger partial charge in [0.15, 0.2) is 0 Å². The first-order valence-corrected chi connectivity index (χ1v) is 12.0. The number of anilines is 2. The van der Waals surface area contributed by atoms with E-state index in [-0.39, 0.29) is 23.6 Å². The molecule has 0 aliphatic carbocycles.